The molecule has 0 spiro atoms. The van der Waals surface area contributed by atoms with E-state index in [0.717, 1.165) is 26.8 Å². The summed E-state index contributed by atoms with van der Waals surface area (Å²) in [5, 5.41) is 7.78. The number of hydrogen-bond acceptors (Lipinski definition) is 18. The first-order valence-corrected chi connectivity index (χ1v) is 24.8. The van der Waals surface area contributed by atoms with Crippen LogP contribution in [-0.2, 0) is 0 Å². The number of para-hydroxylation sites is 1. The Kier molecular flexibility index (Phi) is 23.6. The summed E-state index contributed by atoms with van der Waals surface area (Å²) in [6.07, 6.45) is 4.61. The molecule has 3 N–H and O–H groups in total. The minimum Gasteiger partial charge on any atom is -0.384 e. The highest BCUT2D eigenvalue weighted by Gasteiger charge is 2.07. The molecule has 0 saturated heterocycles. The summed E-state index contributed by atoms with van der Waals surface area (Å²) in [5.74, 6) is 0.278. The van der Waals surface area contributed by atoms with E-state index < -0.39 is 0 Å². The van der Waals surface area contributed by atoms with Gasteiger partial charge in [-0.15, -0.1) is 11.3 Å². The van der Waals surface area contributed by atoms with Crippen LogP contribution in [0.25, 0.3) is 43.3 Å². The van der Waals surface area contributed by atoms with Crippen molar-refractivity contribution in [2.24, 2.45) is 0 Å². The lowest BCUT2D eigenvalue weighted by molar-refractivity contribution is 1.10. The van der Waals surface area contributed by atoms with Crippen molar-refractivity contribution in [3.05, 3.63) is 164 Å². The SMILES string of the molecule is Cc1cc(Cl)nc(Cl)n1.Clc1ccnc(Cl)n1.Clc1nc(Cl)c2[nH]cnc2n1.Clc1nc(Cl)c2ccccc2n1.Clc1nc(Cl)c2cccnc2n1.Clc1nc(Cl)c2ccsc2n1.Nc1cc(Cl)nc(Cl)n1. The smallest absolute Gasteiger partial charge is 0.225 e. The number of fused-ring (bicyclic) bond motifs is 4. The number of anilines is 1. The number of H-pyrrole nitrogens is 1. The van der Waals surface area contributed by atoms with Crippen LogP contribution in [-0.4, -0.2) is 84.7 Å². The predicted molar refractivity (Wildman–Crippen MR) is 291 cm³/mol. The van der Waals surface area contributed by atoms with Crippen LogP contribution >= 0.6 is 174 Å². The number of benzene rings is 1. The maximum Gasteiger partial charge on any atom is 0.225 e. The van der Waals surface area contributed by atoms with E-state index in [1.165, 1.54) is 29.9 Å². The van der Waals surface area contributed by atoms with Gasteiger partial charge >= 0.3 is 0 Å². The van der Waals surface area contributed by atoms with E-state index in [-0.39, 0.29) is 53.1 Å². The molecule has 0 amide bonds. The zero-order chi connectivity index (χ0) is 52.5. The molecule has 0 radical (unpaired) electrons. The van der Waals surface area contributed by atoms with Crippen LogP contribution in [0.3, 0.4) is 0 Å². The third-order valence-corrected chi connectivity index (χ3v) is 11.2. The summed E-state index contributed by atoms with van der Waals surface area (Å²) in [6, 6.07) is 17.5. The molecule has 0 aliphatic rings. The minimum absolute atomic E-state index is 0.0694. The monoisotopic (exact) mass is 1260 g/mol. The fraction of sp³-hybridized carbons (Fsp3) is 0.0256. The van der Waals surface area contributed by atoms with Crippen molar-refractivity contribution in [2.45, 2.75) is 6.92 Å². The number of thiophene rings is 1. The largest absolute Gasteiger partial charge is 0.384 e. The van der Waals surface area contributed by atoms with E-state index in [0.29, 0.717) is 48.0 Å². The van der Waals surface area contributed by atoms with Crippen LogP contribution in [0, 0.1) is 6.92 Å². The third-order valence-electron chi connectivity index (χ3n) is 7.47. The molecule has 370 valence electrons. The van der Waals surface area contributed by atoms with E-state index in [9.17, 15) is 0 Å². The molecule has 0 aliphatic heterocycles. The maximum absolute atomic E-state index is 5.83. The van der Waals surface area contributed by atoms with Crippen LogP contribution < -0.4 is 5.73 Å². The highest BCUT2D eigenvalue weighted by molar-refractivity contribution is 7.16. The molecule has 0 aliphatic carbocycles. The van der Waals surface area contributed by atoms with Gasteiger partial charge in [-0.25, -0.2) is 69.8 Å². The van der Waals surface area contributed by atoms with Crippen LogP contribution in [0.2, 0.25) is 73.1 Å². The molecule has 11 aromatic rings. The Balaban J connectivity index is 0.000000157. The molecule has 33 heteroatoms. The van der Waals surface area contributed by atoms with Crippen molar-refractivity contribution in [2.75, 3.05) is 5.73 Å². The lowest BCUT2D eigenvalue weighted by Gasteiger charge is -1.97. The summed E-state index contributed by atoms with van der Waals surface area (Å²) >= 11 is 79.4. The summed E-state index contributed by atoms with van der Waals surface area (Å²) in [4.78, 5) is 64.1. The molecule has 0 saturated carbocycles. The fourth-order valence-corrected chi connectivity index (χ4v) is 8.59. The normalized spacial score (nSPS) is 10.2. The van der Waals surface area contributed by atoms with Crippen molar-refractivity contribution in [3.63, 3.8) is 0 Å². The number of aromatic nitrogens is 17. The first kappa shape index (κ1) is 58.6. The molecule has 0 bridgehead atoms. The number of pyridine rings is 1. The maximum atomic E-state index is 5.83. The van der Waals surface area contributed by atoms with E-state index in [1.54, 1.807) is 37.4 Å². The average molecular weight is 1270 g/mol. The van der Waals surface area contributed by atoms with Gasteiger partial charge in [0.1, 0.15) is 47.1 Å². The van der Waals surface area contributed by atoms with Gasteiger partial charge in [0.15, 0.2) is 16.4 Å². The van der Waals surface area contributed by atoms with Crippen molar-refractivity contribution in [1.82, 2.24) is 84.7 Å². The Hall–Kier alpha value is -4.26. The second-order valence-corrected chi connectivity index (χ2v) is 18.3. The topological polar surface area (TPSA) is 248 Å². The average Bonchev–Trinajstić information content (AvgIpc) is 3.98. The highest BCUT2D eigenvalue weighted by atomic mass is 35.5. The lowest BCUT2D eigenvalue weighted by atomic mass is 10.2. The number of nitrogen functional groups attached to an aromatic ring is 1. The summed E-state index contributed by atoms with van der Waals surface area (Å²) in [6.45, 7) is 1.80. The molecule has 0 fully saturated rings. The summed E-state index contributed by atoms with van der Waals surface area (Å²) < 4.78 is 0. The second-order valence-electron chi connectivity index (χ2n) is 12.4. The van der Waals surface area contributed by atoms with Crippen molar-refractivity contribution in [3.8, 4) is 0 Å². The van der Waals surface area contributed by atoms with Gasteiger partial charge < -0.3 is 10.7 Å². The number of aromatic amines is 1. The highest BCUT2D eigenvalue weighted by Crippen LogP contribution is 2.26. The Morgan fingerprint density at radius 1 is 0.431 bits per heavy atom. The van der Waals surface area contributed by atoms with E-state index in [2.05, 4.69) is 84.7 Å². The number of halogens is 14. The van der Waals surface area contributed by atoms with Crippen LogP contribution in [0.15, 0.2) is 84.8 Å². The molecule has 72 heavy (non-hydrogen) atoms. The van der Waals surface area contributed by atoms with Gasteiger partial charge in [0, 0.05) is 34.9 Å². The molecule has 11 rings (SSSR count). The summed E-state index contributed by atoms with van der Waals surface area (Å²) in [5.41, 5.74) is 8.39. The molecular weight excluding hydrogens is 1250 g/mol. The van der Waals surface area contributed by atoms with Gasteiger partial charge in [-0.2, -0.15) is 9.97 Å². The lowest BCUT2D eigenvalue weighted by Crippen LogP contribution is -1.91. The van der Waals surface area contributed by atoms with E-state index in [1.807, 2.05) is 35.7 Å². The van der Waals surface area contributed by atoms with Crippen LogP contribution in [0.1, 0.15) is 5.69 Å². The molecular formula is C39H20Cl14N18S. The first-order valence-electron chi connectivity index (χ1n) is 18.6. The van der Waals surface area contributed by atoms with Gasteiger partial charge in [0.2, 0.25) is 37.0 Å². The number of imidazole rings is 1. The third kappa shape index (κ3) is 19.2. The number of hydrogen-bond donors (Lipinski definition) is 2. The van der Waals surface area contributed by atoms with Gasteiger partial charge in [-0.1, -0.05) is 93.3 Å². The van der Waals surface area contributed by atoms with Gasteiger partial charge in [-0.05, 0) is 136 Å². The molecule has 0 unspecified atom stereocenters. The number of nitrogens with one attached hydrogen (secondary N) is 1. The number of nitrogens with zero attached hydrogens (tertiary/aromatic N) is 16. The van der Waals surface area contributed by atoms with Gasteiger partial charge in [0.25, 0.3) is 0 Å². The zero-order valence-corrected chi connectivity index (χ0v) is 46.4. The fourth-order valence-electron chi connectivity index (χ4n) is 4.70. The second kappa shape index (κ2) is 29.0. The van der Waals surface area contributed by atoms with E-state index in [4.69, 9.17) is 168 Å². The predicted octanol–water partition coefficient (Wildman–Crippen LogP) is 15.2. The summed E-state index contributed by atoms with van der Waals surface area (Å²) in [7, 11) is 0. The van der Waals surface area contributed by atoms with Crippen molar-refractivity contribution < 1.29 is 0 Å². The van der Waals surface area contributed by atoms with Gasteiger partial charge in [0.05, 0.1) is 17.2 Å². The minimum atomic E-state index is 0.0694. The van der Waals surface area contributed by atoms with Crippen LogP contribution in [0.4, 0.5) is 5.82 Å². The Bertz CT molecular complexity index is 3250. The molecule has 10 heterocycles. The van der Waals surface area contributed by atoms with Crippen LogP contribution in [0.5, 0.6) is 0 Å². The van der Waals surface area contributed by atoms with Crippen molar-refractivity contribution >= 4 is 223 Å². The molecule has 1 aromatic carbocycles. The zero-order valence-electron chi connectivity index (χ0n) is 35.0. The standard InChI is InChI=1S/C8H4Cl2N2.C7H3Cl2N3.C6H2Cl2N2S.C5H2Cl2N4.C5H4Cl2N2.C4H3Cl2N3.C4H2Cl2N2/c9-7-5-3-1-2-4-6(5)11-8(10)12-7;8-5-4-2-1-3-10-6(4)12-7(9)11-5;7-4-3-1-2-11-5(3)10-6(8)9-4;6-3-2-4(9-1-8-2)11-5(7)10-3;1-3-2-4(6)9-5(7)8-3;5-2-1-3(7)9-4(6)8-2;5-3-1-2-7-4(6)8-3/h1-4H;1-3H;1-2H;1H,(H,8,9,10,11);2H,1H3;1H,(H2,7,8,9);1-2H. The Morgan fingerprint density at radius 3 is 1.61 bits per heavy atom. The molecule has 18 nitrogen and oxygen atoms in total. The molecule has 0 atom stereocenters. The quantitative estimate of drug-likeness (QED) is 0.106. The number of nitrogens with two attached hydrogens (primary N) is 1. The Morgan fingerprint density at radius 2 is 0.986 bits per heavy atom. The molecule has 10 aromatic heterocycles. The van der Waals surface area contributed by atoms with Gasteiger partial charge in [-0.3, -0.25) is 0 Å². The number of rotatable bonds is 0. The van der Waals surface area contributed by atoms with E-state index >= 15 is 0 Å². The number of aryl methyl sites for hydroxylation is 1. The van der Waals surface area contributed by atoms with Crippen molar-refractivity contribution in [1.29, 1.82) is 0 Å². The Labute approximate surface area is 479 Å². The first-order chi connectivity index (χ1) is 34.2.